The van der Waals surface area contributed by atoms with E-state index in [0.29, 0.717) is 13.1 Å². The molecule has 0 aliphatic carbocycles. The average molecular weight is 453 g/mol. The number of hydrogen-bond acceptors (Lipinski definition) is 4. The first-order chi connectivity index (χ1) is 16.5. The topological polar surface area (TPSA) is 109 Å². The summed E-state index contributed by atoms with van der Waals surface area (Å²) in [5, 5.41) is 0. The van der Waals surface area contributed by atoms with Gasteiger partial charge in [-0.2, -0.15) is 0 Å². The molecule has 5 aromatic rings. The number of nitrogens with two attached hydrogens (primary N) is 2. The minimum Gasteiger partial charge on any atom is -0.341 e. The number of hydrogen-bond donors (Lipinski definition) is 4. The predicted octanol–water partition coefficient (Wildman–Crippen LogP) is 5.60. The number of nitrogens with one attached hydrogen (secondary N) is 2. The van der Waals surface area contributed by atoms with Gasteiger partial charge in [0.2, 0.25) is 0 Å². The maximum Gasteiger partial charge on any atom is 0.121 e. The third-order valence-electron chi connectivity index (χ3n) is 5.00. The maximum atomic E-state index is 5.67. The molecular formula is C28H32N6. The molecule has 6 N–H and O–H groups in total. The van der Waals surface area contributed by atoms with E-state index in [1.165, 1.54) is 0 Å². The van der Waals surface area contributed by atoms with E-state index in [0.717, 1.165) is 61.9 Å². The van der Waals surface area contributed by atoms with Gasteiger partial charge in [0.1, 0.15) is 11.6 Å². The van der Waals surface area contributed by atoms with Crippen LogP contribution in [0.4, 0.5) is 0 Å². The van der Waals surface area contributed by atoms with Crippen LogP contribution in [0.3, 0.4) is 0 Å². The normalized spacial score (nSPS) is 10.6. The standard InChI is InChI=1S/C22H20N6.C4H10.C2H2/c23-11-21-25-17-7-5-15(9-19(17)27-21)13-1-2-14(4-3-13)16-6-8-18-20(10-16)28-22(12-24)26-18;1-4(2)3;1-2/h1-10H,11-12,23-24H2,(H,25,27)(H,26,28);4H,1-3H3;1-2H. The summed E-state index contributed by atoms with van der Waals surface area (Å²) in [5.41, 5.74) is 19.8. The third-order valence-corrected chi connectivity index (χ3v) is 5.00. The first-order valence-electron chi connectivity index (χ1n) is 11.3. The fourth-order valence-corrected chi connectivity index (χ4v) is 3.53. The van der Waals surface area contributed by atoms with Crippen LogP contribution >= 0.6 is 0 Å². The van der Waals surface area contributed by atoms with Gasteiger partial charge in [0.25, 0.3) is 0 Å². The number of aromatic amines is 2. The zero-order valence-electron chi connectivity index (χ0n) is 20.0. The summed E-state index contributed by atoms with van der Waals surface area (Å²) in [6.45, 7) is 7.32. The Bertz CT molecular complexity index is 1270. The summed E-state index contributed by atoms with van der Waals surface area (Å²) in [5.74, 6) is 2.43. The molecule has 0 radical (unpaired) electrons. The van der Waals surface area contributed by atoms with Crippen LogP contribution in [0.15, 0.2) is 60.7 Å². The molecule has 6 heteroatoms. The largest absolute Gasteiger partial charge is 0.341 e. The zero-order valence-corrected chi connectivity index (χ0v) is 20.0. The number of terminal acetylenes is 1. The highest BCUT2D eigenvalue weighted by Gasteiger charge is 2.07. The van der Waals surface area contributed by atoms with Crippen LogP contribution in [0.1, 0.15) is 32.4 Å². The van der Waals surface area contributed by atoms with Crippen molar-refractivity contribution in [3.05, 3.63) is 72.3 Å². The molecule has 34 heavy (non-hydrogen) atoms. The summed E-state index contributed by atoms with van der Waals surface area (Å²) in [6, 6.07) is 21.0. The van der Waals surface area contributed by atoms with Gasteiger partial charge < -0.3 is 21.4 Å². The van der Waals surface area contributed by atoms with Crippen molar-refractivity contribution in [1.82, 2.24) is 19.9 Å². The Morgan fingerprint density at radius 2 is 0.971 bits per heavy atom. The number of benzene rings is 3. The number of nitrogens with zero attached hydrogens (tertiary/aromatic N) is 2. The molecular weight excluding hydrogens is 420 g/mol. The van der Waals surface area contributed by atoms with Crippen molar-refractivity contribution in [2.24, 2.45) is 17.4 Å². The summed E-state index contributed by atoms with van der Waals surface area (Å²) in [4.78, 5) is 15.4. The van der Waals surface area contributed by atoms with Crippen LogP contribution in [-0.2, 0) is 13.1 Å². The fourth-order valence-electron chi connectivity index (χ4n) is 3.53. The molecule has 3 aromatic carbocycles. The van der Waals surface area contributed by atoms with Gasteiger partial charge in [0.05, 0.1) is 35.2 Å². The molecule has 0 spiro atoms. The Balaban J connectivity index is 0.000000492. The van der Waals surface area contributed by atoms with Gasteiger partial charge >= 0.3 is 0 Å². The molecule has 0 fully saturated rings. The van der Waals surface area contributed by atoms with E-state index in [4.69, 9.17) is 11.5 Å². The zero-order chi connectivity index (χ0) is 24.7. The van der Waals surface area contributed by atoms with Gasteiger partial charge in [-0.3, -0.25) is 0 Å². The van der Waals surface area contributed by atoms with E-state index in [9.17, 15) is 0 Å². The van der Waals surface area contributed by atoms with Gasteiger partial charge in [-0.15, -0.1) is 12.8 Å². The summed E-state index contributed by atoms with van der Waals surface area (Å²) >= 11 is 0. The van der Waals surface area contributed by atoms with Crippen LogP contribution in [-0.4, -0.2) is 19.9 Å². The summed E-state index contributed by atoms with van der Waals surface area (Å²) in [6.07, 6.45) is 8.00. The molecule has 0 aliphatic rings. The number of imidazole rings is 2. The first-order valence-corrected chi connectivity index (χ1v) is 11.3. The van der Waals surface area contributed by atoms with E-state index < -0.39 is 0 Å². The average Bonchev–Trinajstić information content (AvgIpc) is 3.47. The second kappa shape index (κ2) is 11.3. The van der Waals surface area contributed by atoms with Crippen molar-refractivity contribution in [2.75, 3.05) is 0 Å². The Labute approximate surface area is 200 Å². The van der Waals surface area contributed by atoms with Crippen molar-refractivity contribution in [3.8, 4) is 35.1 Å². The van der Waals surface area contributed by atoms with Crippen molar-refractivity contribution in [3.63, 3.8) is 0 Å². The van der Waals surface area contributed by atoms with Crippen molar-refractivity contribution >= 4 is 22.1 Å². The van der Waals surface area contributed by atoms with E-state index in [2.05, 4.69) is 102 Å². The Morgan fingerprint density at radius 3 is 1.29 bits per heavy atom. The molecule has 5 rings (SSSR count). The smallest absolute Gasteiger partial charge is 0.121 e. The van der Waals surface area contributed by atoms with E-state index in [-0.39, 0.29) is 0 Å². The van der Waals surface area contributed by atoms with Crippen LogP contribution in [0.2, 0.25) is 0 Å². The molecule has 0 bridgehead atoms. The third kappa shape index (κ3) is 5.70. The van der Waals surface area contributed by atoms with Gasteiger partial charge in [-0.05, 0) is 52.4 Å². The van der Waals surface area contributed by atoms with Crippen LogP contribution < -0.4 is 11.5 Å². The van der Waals surface area contributed by atoms with Crippen LogP contribution in [0, 0.1) is 18.8 Å². The second-order valence-electron chi connectivity index (χ2n) is 8.55. The molecule has 2 aromatic heterocycles. The molecule has 2 heterocycles. The molecule has 0 atom stereocenters. The lowest BCUT2D eigenvalue weighted by molar-refractivity contribution is 0.737. The molecule has 0 aliphatic heterocycles. The van der Waals surface area contributed by atoms with E-state index in [1.54, 1.807) is 0 Å². The first kappa shape index (κ1) is 24.7. The van der Waals surface area contributed by atoms with Gasteiger partial charge in [-0.1, -0.05) is 57.2 Å². The lowest BCUT2D eigenvalue weighted by atomic mass is 10.00. The van der Waals surface area contributed by atoms with Crippen molar-refractivity contribution < 1.29 is 0 Å². The van der Waals surface area contributed by atoms with Crippen molar-refractivity contribution in [1.29, 1.82) is 0 Å². The Hall–Kier alpha value is -3.92. The molecule has 6 nitrogen and oxygen atoms in total. The SMILES string of the molecule is C#C.CC(C)C.NCc1nc2ccc(-c3ccc(-c4ccc5nc(CN)[nH]c5c4)cc3)cc2[nH]1. The number of aromatic nitrogens is 4. The number of fused-ring (bicyclic) bond motifs is 2. The van der Waals surface area contributed by atoms with E-state index in [1.807, 2.05) is 12.1 Å². The Kier molecular flexibility index (Phi) is 8.20. The molecule has 0 saturated heterocycles. The molecule has 0 amide bonds. The highest BCUT2D eigenvalue weighted by Crippen LogP contribution is 2.28. The summed E-state index contributed by atoms with van der Waals surface area (Å²) < 4.78 is 0. The van der Waals surface area contributed by atoms with Gasteiger partial charge in [0.15, 0.2) is 0 Å². The highest BCUT2D eigenvalue weighted by molar-refractivity contribution is 5.84. The van der Waals surface area contributed by atoms with Crippen LogP contribution in [0.25, 0.3) is 44.3 Å². The minimum atomic E-state index is 0.409. The summed E-state index contributed by atoms with van der Waals surface area (Å²) in [7, 11) is 0. The molecule has 174 valence electrons. The second-order valence-corrected chi connectivity index (χ2v) is 8.55. The lowest BCUT2D eigenvalue weighted by Crippen LogP contribution is -1.97. The molecule has 0 saturated carbocycles. The highest BCUT2D eigenvalue weighted by atomic mass is 14.9. The predicted molar refractivity (Wildman–Crippen MR) is 143 cm³/mol. The maximum absolute atomic E-state index is 5.67. The monoisotopic (exact) mass is 452 g/mol. The van der Waals surface area contributed by atoms with Gasteiger partial charge in [0, 0.05) is 0 Å². The fraction of sp³-hybridized carbons (Fsp3) is 0.214. The van der Waals surface area contributed by atoms with E-state index >= 15 is 0 Å². The lowest BCUT2D eigenvalue weighted by Gasteiger charge is -2.05. The quantitative estimate of drug-likeness (QED) is 0.266. The van der Waals surface area contributed by atoms with Crippen molar-refractivity contribution in [2.45, 2.75) is 33.9 Å². The Morgan fingerprint density at radius 1 is 0.647 bits per heavy atom. The minimum absolute atomic E-state index is 0.409. The van der Waals surface area contributed by atoms with Crippen LogP contribution in [0.5, 0.6) is 0 Å². The number of H-pyrrole nitrogens is 2. The number of rotatable bonds is 4. The molecule has 0 unspecified atom stereocenters. The van der Waals surface area contributed by atoms with Gasteiger partial charge in [-0.25, -0.2) is 9.97 Å².